The van der Waals surface area contributed by atoms with E-state index in [0.29, 0.717) is 11.8 Å². The van der Waals surface area contributed by atoms with Crippen LogP contribution < -0.4 is 4.74 Å². The highest BCUT2D eigenvalue weighted by molar-refractivity contribution is 5.37. The quantitative estimate of drug-likeness (QED) is 0.653. The van der Waals surface area contributed by atoms with Crippen LogP contribution in [0.25, 0.3) is 0 Å². The van der Waals surface area contributed by atoms with Gasteiger partial charge < -0.3 is 4.74 Å². The monoisotopic (exact) mass is 232 g/mol. The van der Waals surface area contributed by atoms with E-state index in [1.54, 1.807) is 0 Å². The molecule has 1 aromatic rings. The second kappa shape index (κ2) is 6.48. The van der Waals surface area contributed by atoms with Crippen LogP contribution in [-0.2, 0) is 6.42 Å². The van der Waals surface area contributed by atoms with Gasteiger partial charge in [0.2, 0.25) is 0 Å². The number of rotatable bonds is 6. The van der Waals surface area contributed by atoms with Crippen molar-refractivity contribution in [1.82, 2.24) is 0 Å². The highest BCUT2D eigenvalue weighted by Crippen LogP contribution is 2.24. The molecule has 0 radical (unpaired) electrons. The number of aryl methyl sites for hydroxylation is 1. The van der Waals surface area contributed by atoms with Gasteiger partial charge in [0.05, 0.1) is 6.61 Å². The third kappa shape index (κ3) is 4.26. The molecule has 17 heavy (non-hydrogen) atoms. The molecular weight excluding hydrogens is 208 g/mol. The Morgan fingerprint density at radius 2 is 1.94 bits per heavy atom. The fourth-order valence-corrected chi connectivity index (χ4v) is 1.64. The van der Waals surface area contributed by atoms with Gasteiger partial charge in [0.15, 0.2) is 0 Å². The molecular formula is C16H24O. The predicted molar refractivity (Wildman–Crippen MR) is 74.8 cm³/mol. The first-order valence-corrected chi connectivity index (χ1v) is 6.46. The Balaban J connectivity index is 2.92. The molecule has 0 saturated heterocycles. The molecule has 0 heterocycles. The van der Waals surface area contributed by atoms with Gasteiger partial charge in [0.25, 0.3) is 0 Å². The van der Waals surface area contributed by atoms with E-state index in [0.717, 1.165) is 18.8 Å². The second-order valence-electron chi connectivity index (χ2n) is 4.99. The second-order valence-corrected chi connectivity index (χ2v) is 4.99. The Bertz CT molecular complexity index is 366. The zero-order chi connectivity index (χ0) is 12.8. The summed E-state index contributed by atoms with van der Waals surface area (Å²) < 4.78 is 5.81. The highest BCUT2D eigenvalue weighted by atomic mass is 16.5. The summed E-state index contributed by atoms with van der Waals surface area (Å²) >= 11 is 0. The van der Waals surface area contributed by atoms with Crippen molar-refractivity contribution in [2.24, 2.45) is 5.92 Å². The van der Waals surface area contributed by atoms with Crippen LogP contribution in [0.3, 0.4) is 0 Å². The van der Waals surface area contributed by atoms with Crippen molar-refractivity contribution in [1.29, 1.82) is 0 Å². The van der Waals surface area contributed by atoms with Crippen molar-refractivity contribution in [3.8, 4) is 5.75 Å². The molecule has 1 aromatic carbocycles. The van der Waals surface area contributed by atoms with Crippen molar-refractivity contribution in [3.63, 3.8) is 0 Å². The number of benzene rings is 1. The number of allylic oxidation sites excluding steroid dienone is 1. The Hall–Kier alpha value is -1.24. The number of hydrogen-bond acceptors (Lipinski definition) is 1. The largest absolute Gasteiger partial charge is 0.493 e. The van der Waals surface area contributed by atoms with Gasteiger partial charge in [-0.3, -0.25) is 0 Å². The van der Waals surface area contributed by atoms with Gasteiger partial charge in [0.1, 0.15) is 5.75 Å². The zero-order valence-electron chi connectivity index (χ0n) is 11.5. The molecule has 0 aliphatic carbocycles. The molecule has 1 atom stereocenters. The molecule has 0 amide bonds. The lowest BCUT2D eigenvalue weighted by molar-refractivity contribution is 0.270. The summed E-state index contributed by atoms with van der Waals surface area (Å²) in [7, 11) is 0. The predicted octanol–water partition coefficient (Wildman–Crippen LogP) is 4.57. The molecule has 0 N–H and O–H groups in total. The van der Waals surface area contributed by atoms with Crippen molar-refractivity contribution >= 4 is 0 Å². The Morgan fingerprint density at radius 3 is 2.47 bits per heavy atom. The molecule has 0 fully saturated rings. The van der Waals surface area contributed by atoms with Crippen molar-refractivity contribution in [3.05, 3.63) is 42.0 Å². The van der Waals surface area contributed by atoms with Crippen molar-refractivity contribution < 1.29 is 4.74 Å². The molecule has 0 aliphatic heterocycles. The summed E-state index contributed by atoms with van der Waals surface area (Å²) in [5, 5.41) is 0. The Morgan fingerprint density at radius 1 is 1.24 bits per heavy atom. The lowest BCUT2D eigenvalue weighted by Gasteiger charge is -2.14. The van der Waals surface area contributed by atoms with Gasteiger partial charge in [-0.05, 0) is 41.5 Å². The van der Waals surface area contributed by atoms with E-state index in [-0.39, 0.29) is 0 Å². The van der Waals surface area contributed by atoms with Crippen LogP contribution in [0.5, 0.6) is 5.75 Å². The normalized spacial score (nSPS) is 12.5. The topological polar surface area (TPSA) is 9.23 Å². The van der Waals surface area contributed by atoms with Gasteiger partial charge in [-0.15, -0.1) is 6.58 Å². The Kier molecular flexibility index (Phi) is 5.27. The maximum Gasteiger partial charge on any atom is 0.119 e. The van der Waals surface area contributed by atoms with Crippen LogP contribution in [0.2, 0.25) is 0 Å². The summed E-state index contributed by atoms with van der Waals surface area (Å²) in [6.45, 7) is 13.3. The van der Waals surface area contributed by atoms with E-state index >= 15 is 0 Å². The first kappa shape index (κ1) is 13.8. The SMILES string of the molecule is C=CC(C)c1cc(CC)cc(OCC(C)C)c1. The minimum Gasteiger partial charge on any atom is -0.493 e. The minimum absolute atomic E-state index is 0.378. The summed E-state index contributed by atoms with van der Waals surface area (Å²) in [4.78, 5) is 0. The van der Waals surface area contributed by atoms with E-state index in [1.807, 2.05) is 6.08 Å². The third-order valence-electron chi connectivity index (χ3n) is 2.86. The number of hydrogen-bond donors (Lipinski definition) is 0. The summed E-state index contributed by atoms with van der Waals surface area (Å²) in [5.41, 5.74) is 2.62. The van der Waals surface area contributed by atoms with Crippen molar-refractivity contribution in [2.45, 2.75) is 40.0 Å². The van der Waals surface area contributed by atoms with Crippen LogP contribution in [0, 0.1) is 5.92 Å². The van der Waals surface area contributed by atoms with E-state index in [4.69, 9.17) is 4.74 Å². The Labute approximate surface area is 106 Å². The lowest BCUT2D eigenvalue weighted by atomic mass is 9.98. The maximum atomic E-state index is 5.81. The van der Waals surface area contributed by atoms with Crippen molar-refractivity contribution in [2.75, 3.05) is 6.61 Å². The standard InChI is InChI=1S/C16H24O/c1-6-13(5)15-8-14(7-2)9-16(10-15)17-11-12(3)4/h6,8-10,12-13H,1,7,11H2,2-5H3. The van der Waals surface area contributed by atoms with Gasteiger partial charge in [0, 0.05) is 0 Å². The van der Waals surface area contributed by atoms with Gasteiger partial charge in [-0.2, -0.15) is 0 Å². The van der Waals surface area contributed by atoms with Crippen LogP contribution in [-0.4, -0.2) is 6.61 Å². The van der Waals surface area contributed by atoms with Crippen LogP contribution >= 0.6 is 0 Å². The minimum atomic E-state index is 0.378. The first-order chi connectivity index (χ1) is 8.06. The summed E-state index contributed by atoms with van der Waals surface area (Å²) in [6, 6.07) is 6.52. The van der Waals surface area contributed by atoms with Gasteiger partial charge in [-0.1, -0.05) is 39.8 Å². The van der Waals surface area contributed by atoms with Gasteiger partial charge in [-0.25, -0.2) is 0 Å². The molecule has 0 saturated carbocycles. The molecule has 1 heteroatoms. The van der Waals surface area contributed by atoms with Crippen LogP contribution in [0.4, 0.5) is 0 Å². The molecule has 0 bridgehead atoms. The van der Waals surface area contributed by atoms with E-state index < -0.39 is 0 Å². The summed E-state index contributed by atoms with van der Waals surface area (Å²) in [5.74, 6) is 1.92. The first-order valence-electron chi connectivity index (χ1n) is 6.46. The van der Waals surface area contributed by atoms with E-state index in [1.165, 1.54) is 11.1 Å². The molecule has 0 spiro atoms. The molecule has 1 unspecified atom stereocenters. The summed E-state index contributed by atoms with van der Waals surface area (Å²) in [6.07, 6.45) is 3.01. The van der Waals surface area contributed by atoms with Crippen LogP contribution in [0.1, 0.15) is 44.7 Å². The maximum absolute atomic E-state index is 5.81. The zero-order valence-corrected chi connectivity index (χ0v) is 11.5. The lowest BCUT2D eigenvalue weighted by Crippen LogP contribution is -2.05. The number of ether oxygens (including phenoxy) is 1. The van der Waals surface area contributed by atoms with Gasteiger partial charge >= 0.3 is 0 Å². The molecule has 0 aliphatic rings. The fourth-order valence-electron chi connectivity index (χ4n) is 1.64. The molecule has 0 aromatic heterocycles. The van der Waals surface area contributed by atoms with E-state index in [9.17, 15) is 0 Å². The highest BCUT2D eigenvalue weighted by Gasteiger charge is 2.06. The molecule has 1 rings (SSSR count). The van der Waals surface area contributed by atoms with Crippen LogP contribution in [0.15, 0.2) is 30.9 Å². The molecule has 1 nitrogen and oxygen atoms in total. The average molecular weight is 232 g/mol. The average Bonchev–Trinajstić information content (AvgIpc) is 2.34. The third-order valence-corrected chi connectivity index (χ3v) is 2.86. The van der Waals surface area contributed by atoms with E-state index in [2.05, 4.69) is 52.5 Å². The smallest absolute Gasteiger partial charge is 0.119 e. The fraction of sp³-hybridized carbons (Fsp3) is 0.500. The molecule has 94 valence electrons.